The van der Waals surface area contributed by atoms with Gasteiger partial charge < -0.3 is 52.5 Å². The smallest absolute Gasteiger partial charge is 0.338 e. The lowest BCUT2D eigenvalue weighted by atomic mass is 9.94. The van der Waals surface area contributed by atoms with Gasteiger partial charge in [-0.2, -0.15) is 0 Å². The number of esters is 3. The number of carbonyl (C=O) groups is 6. The molecule has 27 heteroatoms. The SMILES string of the molecule is C.CCOC(=O)C1=C(CBr)NC(c2nccs2)=N[C@H]1c1cccc(F)c1Cl.CCOC(=O)C1=C(CN2CCN3C(=O)CC[C@@H]3[C@H]2C(=O)O)NC(c2nccs2)=N[C@H]1c1cccc(F)c1Cl.COC(=O)[C@H]1NCCN2C(=O)CC[C@H]12.[CH3-]. The van der Waals surface area contributed by atoms with Crippen LogP contribution in [0, 0.1) is 19.1 Å². The highest BCUT2D eigenvalue weighted by Gasteiger charge is 2.48. The second kappa shape index (κ2) is 28.5. The van der Waals surface area contributed by atoms with E-state index < -0.39 is 53.7 Å². The molecule has 0 unspecified atom stereocenters. The fraction of sp³-hybridized carbons (Fsp3) is 0.415. The largest absolute Gasteiger partial charge is 0.480 e. The summed E-state index contributed by atoms with van der Waals surface area (Å²) in [5.41, 5.74) is 1.99. The van der Waals surface area contributed by atoms with Crippen molar-refractivity contribution in [3.05, 3.63) is 132 Å². The van der Waals surface area contributed by atoms with E-state index in [0.29, 0.717) is 82.9 Å². The molecule has 2 aromatic carbocycles. The number of allylic oxidation sites excluding steroid dienone is 1. The van der Waals surface area contributed by atoms with Crippen LogP contribution in [0.1, 0.15) is 80.2 Å². The maximum absolute atomic E-state index is 14.5. The Bertz CT molecular complexity index is 3060. The van der Waals surface area contributed by atoms with E-state index in [1.54, 1.807) is 58.5 Å². The van der Waals surface area contributed by atoms with Crippen molar-refractivity contribution in [1.82, 2.24) is 40.6 Å². The van der Waals surface area contributed by atoms with E-state index in [2.05, 4.69) is 46.8 Å². The summed E-state index contributed by atoms with van der Waals surface area (Å²) in [5, 5.41) is 24.4. The Morgan fingerprint density at radius 3 is 1.75 bits per heavy atom. The van der Waals surface area contributed by atoms with E-state index >= 15 is 0 Å². The van der Waals surface area contributed by atoms with Crippen LogP contribution in [0.3, 0.4) is 0 Å². The number of fused-ring (bicyclic) bond motifs is 2. The second-order valence-corrected chi connectivity index (χ2v) is 21.0. The Morgan fingerprint density at radius 1 is 0.775 bits per heavy atom. The van der Waals surface area contributed by atoms with Gasteiger partial charge in [0.05, 0.1) is 53.6 Å². The number of amidine groups is 2. The summed E-state index contributed by atoms with van der Waals surface area (Å²) in [7, 11) is 1.37. The van der Waals surface area contributed by atoms with Gasteiger partial charge in [-0.25, -0.2) is 28.3 Å². The van der Waals surface area contributed by atoms with Crippen molar-refractivity contribution >= 4 is 109 Å². The number of hydrogen-bond donors (Lipinski definition) is 4. The third-order valence-corrected chi connectivity index (χ3v) is 16.4. The van der Waals surface area contributed by atoms with Crippen LogP contribution in [-0.4, -0.2) is 160 Å². The summed E-state index contributed by atoms with van der Waals surface area (Å²) >= 11 is 18.6. The van der Waals surface area contributed by atoms with Gasteiger partial charge in [0.1, 0.15) is 35.8 Å². The molecule has 6 aliphatic rings. The van der Waals surface area contributed by atoms with E-state index in [9.17, 15) is 42.7 Å². The number of benzene rings is 2. The first kappa shape index (κ1) is 63.0. The van der Waals surface area contributed by atoms with Gasteiger partial charge in [-0.3, -0.25) is 34.1 Å². The quantitative estimate of drug-likeness (QED) is 0.0453. The van der Waals surface area contributed by atoms with E-state index in [1.165, 1.54) is 54.0 Å². The normalized spacial score (nSPS) is 22.2. The summed E-state index contributed by atoms with van der Waals surface area (Å²) in [6.45, 7) is 5.75. The third-order valence-electron chi connectivity index (χ3n) is 13.5. The van der Waals surface area contributed by atoms with E-state index in [-0.39, 0.29) is 97.8 Å². The number of hydrogen-bond acceptors (Lipinski definition) is 19. The van der Waals surface area contributed by atoms with Gasteiger partial charge in [0.2, 0.25) is 11.8 Å². The summed E-state index contributed by atoms with van der Waals surface area (Å²) < 4.78 is 43.8. The van der Waals surface area contributed by atoms with Crippen molar-refractivity contribution in [2.45, 2.75) is 83.2 Å². The first-order valence-corrected chi connectivity index (χ1v) is 28.3. The Balaban J connectivity index is 0.000000212. The van der Waals surface area contributed by atoms with Crippen LogP contribution >= 0.6 is 61.8 Å². The van der Waals surface area contributed by atoms with Gasteiger partial charge in [-0.05, 0) is 38.8 Å². The molecule has 2 aromatic heterocycles. The van der Waals surface area contributed by atoms with Crippen molar-refractivity contribution < 1.29 is 56.9 Å². The van der Waals surface area contributed by atoms with E-state index in [4.69, 9.17) is 42.4 Å². The van der Waals surface area contributed by atoms with E-state index in [0.717, 1.165) is 6.42 Å². The molecule has 80 heavy (non-hydrogen) atoms. The molecule has 8 heterocycles. The Hall–Kier alpha value is -6.22. The minimum atomic E-state index is -1.05. The van der Waals surface area contributed by atoms with Gasteiger partial charge in [0.15, 0.2) is 21.7 Å². The Labute approximate surface area is 487 Å². The lowest BCUT2D eigenvalue weighted by Gasteiger charge is -2.43. The fourth-order valence-corrected chi connectivity index (χ4v) is 12.1. The zero-order chi connectivity index (χ0) is 55.8. The standard InChI is InChI=1S/C25H25ClFN5O5S.C17H14BrClFN3O2S.C9H14N2O3.CH4.CH3/c1-2-37-25(36)18-15(12-31-9-10-32-16(6-7-17(32)33)21(31)24(34)35)29-22(23-28-8-11-38-23)30-20(18)13-4-3-5-14(27)19(13)26;1-2-25-17(24)12-11(8-18)22-15(16-21-6-7-26-16)23-14(12)9-4-3-5-10(20)13(9)19;1-14-9(13)8-6-2-3-7(12)11(6)5-4-10-8;;/h3-5,8,11,16,20-21H,2,6-7,9-10,12H2,1H3,(H,29,30)(H,34,35);3-7,14H,2,8H2,1H3,(H,22,23);6,8,10H,2-5H2,1H3;1H4;1H3/q;;;;-1/t16-,20+,21+;14-;6-,8+;;/m101../s1. The number of piperazine rings is 2. The highest BCUT2D eigenvalue weighted by Crippen LogP contribution is 2.40. The molecule has 2 amide bonds. The number of carbonyl (C=O) groups excluding carboxylic acids is 5. The molecule has 4 fully saturated rings. The van der Waals surface area contributed by atoms with Gasteiger partial charge in [0.25, 0.3) is 0 Å². The number of nitrogens with zero attached hydrogens (tertiary/aromatic N) is 7. The highest BCUT2D eigenvalue weighted by molar-refractivity contribution is 9.09. The van der Waals surface area contributed by atoms with Crippen LogP contribution in [0.15, 0.2) is 92.1 Å². The molecule has 4 saturated heterocycles. The number of methoxy groups -OCH3 is 1. The number of carboxylic acids is 1. The number of carboxylic acid groups (broad SMARTS) is 1. The number of amides is 2. The fourth-order valence-electron chi connectivity index (χ4n) is 10.1. The molecule has 0 saturated carbocycles. The van der Waals surface area contributed by atoms with Crippen molar-refractivity contribution in [1.29, 1.82) is 0 Å². The molecule has 0 spiro atoms. The number of nitrogens with one attached hydrogen (secondary N) is 3. The average molecular weight is 1250 g/mol. The topological polar surface area (TPSA) is 247 Å². The monoisotopic (exact) mass is 1250 g/mol. The van der Waals surface area contributed by atoms with Gasteiger partial charge in [-0.15, -0.1) is 22.7 Å². The van der Waals surface area contributed by atoms with Gasteiger partial charge >= 0.3 is 23.9 Å². The number of thiazole rings is 2. The lowest BCUT2D eigenvalue weighted by molar-refractivity contribution is -0.150. The lowest BCUT2D eigenvalue weighted by Crippen LogP contribution is -2.62. The number of aliphatic imine (C=N–C) groups is 2. The number of aliphatic carboxylic acids is 1. The van der Waals surface area contributed by atoms with Crippen LogP contribution in [0.25, 0.3) is 0 Å². The molecule has 0 aliphatic carbocycles. The molecule has 4 aromatic rings. The van der Waals surface area contributed by atoms with Crippen LogP contribution in [-0.2, 0) is 43.0 Å². The highest BCUT2D eigenvalue weighted by atomic mass is 79.9. The maximum atomic E-state index is 14.5. The number of ether oxygens (including phenoxy) is 3. The minimum absolute atomic E-state index is 0. The Morgan fingerprint density at radius 2 is 1.27 bits per heavy atom. The molecule has 10 rings (SSSR count). The van der Waals surface area contributed by atoms with Crippen molar-refractivity contribution in [3.8, 4) is 0 Å². The molecule has 430 valence electrons. The summed E-state index contributed by atoms with van der Waals surface area (Å²) in [4.78, 5) is 96.4. The molecular weight excluding hydrogens is 1190 g/mol. The molecule has 6 atom stereocenters. The number of rotatable bonds is 13. The maximum Gasteiger partial charge on any atom is 0.338 e. The predicted molar refractivity (Wildman–Crippen MR) is 302 cm³/mol. The van der Waals surface area contributed by atoms with Crippen LogP contribution in [0.2, 0.25) is 10.0 Å². The predicted octanol–water partition coefficient (Wildman–Crippen LogP) is 7.05. The molecule has 20 nitrogen and oxygen atoms in total. The zero-order valence-corrected chi connectivity index (χ0v) is 47.9. The molecule has 0 radical (unpaired) electrons. The molecule has 6 aliphatic heterocycles. The van der Waals surface area contributed by atoms with Crippen LogP contribution < -0.4 is 16.0 Å². The zero-order valence-electron chi connectivity index (χ0n) is 43.2. The number of alkyl halides is 1. The molecule has 4 N–H and O–H groups in total. The van der Waals surface area contributed by atoms with Crippen molar-refractivity contribution in [3.63, 3.8) is 0 Å². The van der Waals surface area contributed by atoms with Crippen LogP contribution in [0.5, 0.6) is 0 Å². The van der Waals surface area contributed by atoms with Crippen molar-refractivity contribution in [2.24, 2.45) is 9.98 Å². The Kier molecular flexibility index (Phi) is 22.4. The van der Waals surface area contributed by atoms with Crippen LogP contribution in [0.4, 0.5) is 8.78 Å². The molecular formula is C53H60BrCl2F2N10O10S2-. The third kappa shape index (κ3) is 13.6. The number of aromatic nitrogens is 2. The van der Waals surface area contributed by atoms with Crippen molar-refractivity contribution in [2.75, 3.05) is 58.4 Å². The van der Waals surface area contributed by atoms with E-state index in [1.807, 2.05) is 5.38 Å². The molecule has 0 bridgehead atoms. The number of halogens is 5. The first-order chi connectivity index (χ1) is 37.6. The summed E-state index contributed by atoms with van der Waals surface area (Å²) in [6, 6.07) is 5.14. The summed E-state index contributed by atoms with van der Waals surface area (Å²) in [6.07, 6.45) is 5.32. The minimum Gasteiger partial charge on any atom is -0.480 e. The first-order valence-electron chi connectivity index (χ1n) is 24.7. The van der Waals surface area contributed by atoms with Gasteiger partial charge in [0, 0.05) is 96.6 Å². The second-order valence-electron chi connectivity index (χ2n) is 17.9. The average Bonchev–Trinajstić information content (AvgIpc) is 4.32. The van der Waals surface area contributed by atoms with Gasteiger partial charge in [-0.1, -0.05) is 70.8 Å². The summed E-state index contributed by atoms with van der Waals surface area (Å²) in [5.74, 6) is -2.82.